The number of hydrogen-bond donors (Lipinski definition) is 1. The molecule has 0 unspecified atom stereocenters. The molecular weight excluding hydrogens is 226 g/mol. The average Bonchev–Trinajstić information content (AvgIpc) is 3.10. The molecule has 0 aromatic heterocycles. The molecule has 5 atom stereocenters. The maximum absolute atomic E-state index is 5.60. The van der Waals surface area contributed by atoms with Crippen molar-refractivity contribution < 1.29 is 4.84 Å². The number of nitrogens with one attached hydrogen (secondary N) is 1. The van der Waals surface area contributed by atoms with E-state index in [0.717, 1.165) is 43.3 Å². The molecule has 4 aliphatic heterocycles. The third-order valence-electron chi connectivity index (χ3n) is 5.53. The third-order valence-corrected chi connectivity index (χ3v) is 5.53. The molecule has 0 amide bonds. The molecule has 100 valence electrons. The van der Waals surface area contributed by atoms with Crippen molar-refractivity contribution in [3.05, 3.63) is 0 Å². The fraction of sp³-hybridized carbons (Fsp3) is 0.929. The van der Waals surface area contributed by atoms with Crippen LogP contribution in [0.1, 0.15) is 32.6 Å². The van der Waals surface area contributed by atoms with Crippen LogP contribution in [-0.4, -0.2) is 48.4 Å². The summed E-state index contributed by atoms with van der Waals surface area (Å²) >= 11 is 0. The van der Waals surface area contributed by atoms with Gasteiger partial charge in [0, 0.05) is 25.0 Å². The second kappa shape index (κ2) is 4.20. The highest BCUT2D eigenvalue weighted by Crippen LogP contribution is 2.47. The number of hydrogen-bond acceptors (Lipinski definition) is 4. The normalized spacial score (nSPS) is 46.3. The number of oxime groups is 1. The van der Waals surface area contributed by atoms with Gasteiger partial charge >= 0.3 is 0 Å². The number of rotatable bonds is 3. The Bertz CT molecular complexity index is 352. The van der Waals surface area contributed by atoms with Gasteiger partial charge in [-0.1, -0.05) is 12.1 Å². The Hall–Kier alpha value is -0.610. The van der Waals surface area contributed by atoms with Crippen molar-refractivity contribution >= 4 is 5.71 Å². The first-order valence-corrected chi connectivity index (χ1v) is 7.55. The van der Waals surface area contributed by atoms with Gasteiger partial charge in [0.15, 0.2) is 0 Å². The highest BCUT2D eigenvalue weighted by Gasteiger charge is 2.54. The summed E-state index contributed by atoms with van der Waals surface area (Å²) in [5, 5.41) is 7.77. The van der Waals surface area contributed by atoms with Crippen molar-refractivity contribution in [3.8, 4) is 0 Å². The van der Waals surface area contributed by atoms with Crippen LogP contribution in [0.2, 0.25) is 0 Å². The van der Waals surface area contributed by atoms with Gasteiger partial charge in [0.05, 0.1) is 5.71 Å². The van der Waals surface area contributed by atoms with Gasteiger partial charge < -0.3 is 10.2 Å². The largest absolute Gasteiger partial charge is 0.391 e. The van der Waals surface area contributed by atoms with Crippen molar-refractivity contribution in [2.24, 2.45) is 17.0 Å². The fourth-order valence-corrected chi connectivity index (χ4v) is 4.70. The van der Waals surface area contributed by atoms with Crippen molar-refractivity contribution in [1.29, 1.82) is 0 Å². The summed E-state index contributed by atoms with van der Waals surface area (Å²) in [6.07, 6.45) is 5.23. The number of fused-ring (bicyclic) bond motifs is 5. The van der Waals surface area contributed by atoms with E-state index in [2.05, 4.69) is 22.3 Å². The average molecular weight is 249 g/mol. The molecule has 2 bridgehead atoms. The van der Waals surface area contributed by atoms with E-state index in [1.807, 2.05) is 0 Å². The van der Waals surface area contributed by atoms with Gasteiger partial charge in [-0.2, -0.15) is 0 Å². The van der Waals surface area contributed by atoms with Crippen molar-refractivity contribution in [3.63, 3.8) is 0 Å². The zero-order valence-corrected chi connectivity index (χ0v) is 11.1. The van der Waals surface area contributed by atoms with Gasteiger partial charge in [-0.05, 0) is 44.2 Å². The van der Waals surface area contributed by atoms with E-state index in [9.17, 15) is 0 Å². The van der Waals surface area contributed by atoms with Crippen LogP contribution in [0.5, 0.6) is 0 Å². The second-order valence-corrected chi connectivity index (χ2v) is 6.34. The van der Waals surface area contributed by atoms with E-state index >= 15 is 0 Å². The maximum Gasteiger partial charge on any atom is 0.145 e. The van der Waals surface area contributed by atoms with Gasteiger partial charge in [0.25, 0.3) is 0 Å². The van der Waals surface area contributed by atoms with Crippen LogP contribution in [0.25, 0.3) is 0 Å². The Balaban J connectivity index is 1.42. The van der Waals surface area contributed by atoms with E-state index in [4.69, 9.17) is 4.84 Å². The summed E-state index contributed by atoms with van der Waals surface area (Å²) in [5.74, 6) is 1.83. The molecule has 4 nitrogen and oxygen atoms in total. The molecule has 4 heteroatoms. The van der Waals surface area contributed by atoms with E-state index in [1.54, 1.807) is 0 Å². The standard InChI is InChI=1S/C14H23N3O/c1-2-9-5-10(18-16-9)8-17-13-3-4-14(17)12-7-15-6-11(12)13/h10-15H,2-8H2,1H3/t10-,11-,12+,13-,14+/m1/s1. The predicted molar refractivity (Wildman–Crippen MR) is 70.6 cm³/mol. The topological polar surface area (TPSA) is 36.9 Å². The summed E-state index contributed by atoms with van der Waals surface area (Å²) in [4.78, 5) is 8.35. The molecule has 0 radical (unpaired) electrons. The summed E-state index contributed by atoms with van der Waals surface area (Å²) in [5.41, 5.74) is 1.24. The first-order valence-electron chi connectivity index (χ1n) is 7.55. The zero-order valence-electron chi connectivity index (χ0n) is 11.1. The molecule has 3 fully saturated rings. The van der Waals surface area contributed by atoms with Gasteiger partial charge in [0.1, 0.15) is 6.10 Å². The zero-order chi connectivity index (χ0) is 12.1. The highest BCUT2D eigenvalue weighted by molar-refractivity contribution is 5.85. The maximum atomic E-state index is 5.60. The lowest BCUT2D eigenvalue weighted by Gasteiger charge is -2.26. The Labute approximate surface area is 109 Å². The molecule has 1 N–H and O–H groups in total. The molecule has 0 spiro atoms. The fourth-order valence-electron chi connectivity index (χ4n) is 4.70. The Morgan fingerprint density at radius 3 is 2.61 bits per heavy atom. The van der Waals surface area contributed by atoms with Crippen LogP contribution in [0, 0.1) is 11.8 Å². The van der Waals surface area contributed by atoms with Crippen LogP contribution in [0.15, 0.2) is 5.16 Å². The quantitative estimate of drug-likeness (QED) is 0.817. The molecule has 0 aromatic rings. The van der Waals surface area contributed by atoms with E-state index < -0.39 is 0 Å². The minimum absolute atomic E-state index is 0.329. The monoisotopic (exact) mass is 249 g/mol. The summed E-state index contributed by atoms with van der Waals surface area (Å²) in [6.45, 7) is 5.75. The first kappa shape index (κ1) is 11.2. The van der Waals surface area contributed by atoms with E-state index in [0.29, 0.717) is 6.10 Å². The molecule has 0 aromatic carbocycles. The van der Waals surface area contributed by atoms with Gasteiger partial charge in [0.2, 0.25) is 0 Å². The van der Waals surface area contributed by atoms with Gasteiger partial charge in [-0.3, -0.25) is 4.90 Å². The predicted octanol–water partition coefficient (Wildman–Crippen LogP) is 1.22. The lowest BCUT2D eigenvalue weighted by Crippen LogP contribution is -2.39. The van der Waals surface area contributed by atoms with Crippen LogP contribution < -0.4 is 5.32 Å². The van der Waals surface area contributed by atoms with Crippen molar-refractivity contribution in [1.82, 2.24) is 10.2 Å². The van der Waals surface area contributed by atoms with Crippen LogP contribution >= 0.6 is 0 Å². The lowest BCUT2D eigenvalue weighted by molar-refractivity contribution is 0.0442. The molecular formula is C14H23N3O. The summed E-state index contributed by atoms with van der Waals surface area (Å²) in [7, 11) is 0. The van der Waals surface area contributed by atoms with Gasteiger partial charge in [-0.15, -0.1) is 0 Å². The minimum atomic E-state index is 0.329. The molecule has 0 saturated carbocycles. The van der Waals surface area contributed by atoms with Crippen LogP contribution in [-0.2, 0) is 4.84 Å². The number of nitrogens with zero attached hydrogens (tertiary/aromatic N) is 2. The molecule has 0 aliphatic carbocycles. The SMILES string of the molecule is CCC1=NO[C@@H](CN2[C@@H]3CC[C@H]2[C@H]2CNC[C@H]23)C1. The van der Waals surface area contributed by atoms with Crippen molar-refractivity contribution in [2.45, 2.75) is 50.8 Å². The summed E-state index contributed by atoms with van der Waals surface area (Å²) in [6, 6.07) is 1.65. The minimum Gasteiger partial charge on any atom is -0.391 e. The van der Waals surface area contributed by atoms with Crippen molar-refractivity contribution in [2.75, 3.05) is 19.6 Å². The Kier molecular flexibility index (Phi) is 2.62. The molecule has 3 saturated heterocycles. The smallest absolute Gasteiger partial charge is 0.145 e. The highest BCUT2D eigenvalue weighted by atomic mass is 16.6. The molecule has 4 aliphatic rings. The first-order chi connectivity index (χ1) is 8.86. The van der Waals surface area contributed by atoms with E-state index in [-0.39, 0.29) is 0 Å². The molecule has 4 heterocycles. The summed E-state index contributed by atoms with van der Waals surface area (Å²) < 4.78 is 0. The Morgan fingerprint density at radius 2 is 2.00 bits per heavy atom. The van der Waals surface area contributed by atoms with Crippen LogP contribution in [0.3, 0.4) is 0 Å². The van der Waals surface area contributed by atoms with E-state index in [1.165, 1.54) is 31.6 Å². The lowest BCUT2D eigenvalue weighted by atomic mass is 9.82. The Morgan fingerprint density at radius 1 is 1.28 bits per heavy atom. The molecule has 18 heavy (non-hydrogen) atoms. The second-order valence-electron chi connectivity index (χ2n) is 6.34. The van der Waals surface area contributed by atoms with Crippen LogP contribution in [0.4, 0.5) is 0 Å². The molecule has 4 rings (SSSR count). The van der Waals surface area contributed by atoms with Gasteiger partial charge in [-0.25, -0.2) is 0 Å². The third kappa shape index (κ3) is 1.55.